The minimum atomic E-state index is -2.67. The van der Waals surface area contributed by atoms with Gasteiger partial charge in [-0.15, -0.1) is 0 Å². The first kappa shape index (κ1) is 16.0. The molecule has 0 amide bonds. The summed E-state index contributed by atoms with van der Waals surface area (Å²) in [6.45, 7) is 0. The molecule has 122 valence electrons. The van der Waals surface area contributed by atoms with Gasteiger partial charge in [0.1, 0.15) is 11.6 Å². The smallest absolute Gasteiger partial charge is 0.265 e. The molecular weight excluding hydrogens is 326 g/mol. The normalized spacial score (nSPS) is 14.0. The maximum absolute atomic E-state index is 13.9. The van der Waals surface area contributed by atoms with Gasteiger partial charge in [0.2, 0.25) is 0 Å². The van der Waals surface area contributed by atoms with E-state index in [4.69, 9.17) is 0 Å². The Bertz CT molecular complexity index is 873. The number of Topliss-reactive ketones (excluding diaryl/α,β-unsaturated/α-hetero) is 1. The molecule has 0 spiro atoms. The summed E-state index contributed by atoms with van der Waals surface area (Å²) in [7, 11) is 0. The van der Waals surface area contributed by atoms with E-state index in [0.29, 0.717) is 0 Å². The molecular formula is C17H9F4NO2. The van der Waals surface area contributed by atoms with Crippen molar-refractivity contribution in [2.24, 2.45) is 0 Å². The van der Waals surface area contributed by atoms with Crippen LogP contribution in [-0.2, 0) is 6.42 Å². The number of hydrogen-bond acceptors (Lipinski definition) is 3. The number of nitrogens with zero attached hydrogens (tertiary/aromatic N) is 1. The molecule has 0 saturated heterocycles. The first-order valence-electron chi connectivity index (χ1n) is 6.89. The topological polar surface area (TPSA) is 47.0 Å². The molecule has 1 aliphatic carbocycles. The average molecular weight is 335 g/mol. The number of ketones is 2. The highest BCUT2D eigenvalue weighted by Gasteiger charge is 2.31. The van der Waals surface area contributed by atoms with Gasteiger partial charge in [-0.2, -0.15) is 0 Å². The second-order valence-electron chi connectivity index (χ2n) is 5.20. The number of hydrogen-bond donors (Lipinski definition) is 0. The Morgan fingerprint density at radius 2 is 1.62 bits per heavy atom. The second-order valence-corrected chi connectivity index (χ2v) is 5.20. The summed E-state index contributed by atoms with van der Waals surface area (Å²) >= 11 is 0. The Labute approximate surface area is 133 Å². The van der Waals surface area contributed by atoms with Crippen LogP contribution in [0.3, 0.4) is 0 Å². The lowest BCUT2D eigenvalue weighted by Gasteiger charge is -2.16. The predicted molar refractivity (Wildman–Crippen MR) is 76.0 cm³/mol. The van der Waals surface area contributed by atoms with Crippen molar-refractivity contribution in [1.29, 1.82) is 0 Å². The summed E-state index contributed by atoms with van der Waals surface area (Å²) in [5, 5.41) is 0. The van der Waals surface area contributed by atoms with Crippen molar-refractivity contribution in [2.45, 2.75) is 12.8 Å². The Morgan fingerprint density at radius 3 is 2.21 bits per heavy atom. The monoisotopic (exact) mass is 335 g/mol. The van der Waals surface area contributed by atoms with Gasteiger partial charge in [-0.25, -0.2) is 17.6 Å². The summed E-state index contributed by atoms with van der Waals surface area (Å²) in [6.07, 6.45) is -0.934. The van der Waals surface area contributed by atoms with Crippen molar-refractivity contribution in [3.8, 4) is 0 Å². The van der Waals surface area contributed by atoms with Crippen molar-refractivity contribution in [3.63, 3.8) is 0 Å². The molecule has 0 bridgehead atoms. The summed E-state index contributed by atoms with van der Waals surface area (Å²) < 4.78 is 52.5. The Hall–Kier alpha value is -2.83. The van der Waals surface area contributed by atoms with E-state index >= 15 is 0 Å². The van der Waals surface area contributed by atoms with Crippen LogP contribution in [0.1, 0.15) is 38.4 Å². The number of halogens is 4. The molecule has 2 aromatic rings. The van der Waals surface area contributed by atoms with E-state index in [1.54, 1.807) is 0 Å². The zero-order chi connectivity index (χ0) is 17.4. The summed E-state index contributed by atoms with van der Waals surface area (Å²) in [5.74, 6) is -3.60. The van der Waals surface area contributed by atoms with Gasteiger partial charge in [-0.1, -0.05) is 0 Å². The molecule has 0 unspecified atom stereocenters. The Kier molecular flexibility index (Phi) is 4.01. The zero-order valence-electron chi connectivity index (χ0n) is 12.0. The maximum atomic E-state index is 13.9. The molecule has 0 N–H and O–H groups in total. The van der Waals surface area contributed by atoms with E-state index in [9.17, 15) is 27.2 Å². The molecule has 1 heterocycles. The Morgan fingerprint density at radius 1 is 0.958 bits per heavy atom. The molecule has 0 fully saturated rings. The zero-order valence-corrected chi connectivity index (χ0v) is 12.0. The van der Waals surface area contributed by atoms with Crippen LogP contribution in [0, 0.1) is 11.6 Å². The van der Waals surface area contributed by atoms with Crippen molar-refractivity contribution < 1.29 is 27.2 Å². The number of fused-ring (bicyclic) bond motifs is 1. The van der Waals surface area contributed by atoms with E-state index < -0.39 is 40.8 Å². The summed E-state index contributed by atoms with van der Waals surface area (Å²) in [4.78, 5) is 28.1. The SMILES string of the molecule is O=C1C=C(Cc2ccc(C(F)F)cn2)C(=O)c2c(F)ccc(F)c21. The van der Waals surface area contributed by atoms with Gasteiger partial charge >= 0.3 is 0 Å². The van der Waals surface area contributed by atoms with Gasteiger partial charge in [0, 0.05) is 29.4 Å². The molecule has 3 nitrogen and oxygen atoms in total. The number of carbonyl (C=O) groups excluding carboxylic acids is 2. The van der Waals surface area contributed by atoms with Crippen molar-refractivity contribution in [3.05, 3.63) is 76.1 Å². The van der Waals surface area contributed by atoms with E-state index in [1.165, 1.54) is 6.07 Å². The molecule has 3 rings (SSSR count). The number of rotatable bonds is 3. The van der Waals surface area contributed by atoms with Crippen LogP contribution < -0.4 is 0 Å². The third-order valence-corrected chi connectivity index (χ3v) is 3.65. The lowest BCUT2D eigenvalue weighted by molar-refractivity contribution is 0.0975. The minimum absolute atomic E-state index is 0.0747. The highest BCUT2D eigenvalue weighted by Crippen LogP contribution is 2.28. The van der Waals surface area contributed by atoms with Gasteiger partial charge in [0.15, 0.2) is 11.6 Å². The molecule has 0 aliphatic heterocycles. The highest BCUT2D eigenvalue weighted by molar-refractivity contribution is 6.24. The van der Waals surface area contributed by atoms with Crippen LogP contribution in [0.25, 0.3) is 0 Å². The van der Waals surface area contributed by atoms with Crippen LogP contribution >= 0.6 is 0 Å². The van der Waals surface area contributed by atoms with E-state index in [-0.39, 0.29) is 23.3 Å². The number of allylic oxidation sites excluding steroid dienone is 2. The van der Waals surface area contributed by atoms with Crippen molar-refractivity contribution in [2.75, 3.05) is 0 Å². The fourth-order valence-corrected chi connectivity index (χ4v) is 2.47. The average Bonchev–Trinajstić information content (AvgIpc) is 2.55. The maximum Gasteiger partial charge on any atom is 0.265 e. The Balaban J connectivity index is 1.94. The van der Waals surface area contributed by atoms with Crippen LogP contribution in [-0.4, -0.2) is 16.6 Å². The molecule has 1 aliphatic rings. The highest BCUT2D eigenvalue weighted by atomic mass is 19.3. The first-order chi connectivity index (χ1) is 11.4. The van der Waals surface area contributed by atoms with Gasteiger partial charge in [-0.3, -0.25) is 14.6 Å². The minimum Gasteiger partial charge on any atom is -0.289 e. The lowest BCUT2D eigenvalue weighted by atomic mass is 9.87. The van der Waals surface area contributed by atoms with Crippen molar-refractivity contribution >= 4 is 11.6 Å². The standard InChI is InChI=1S/C17H9F4NO2/c18-11-3-4-12(19)15-14(11)13(23)6-9(16(15)24)5-10-2-1-8(7-22-10)17(20)21/h1-4,6-7,17H,5H2. The molecule has 0 saturated carbocycles. The lowest BCUT2D eigenvalue weighted by Crippen LogP contribution is -2.21. The van der Waals surface area contributed by atoms with Crippen LogP contribution in [0.5, 0.6) is 0 Å². The summed E-state index contributed by atoms with van der Waals surface area (Å²) in [5.41, 5.74) is -1.30. The molecule has 24 heavy (non-hydrogen) atoms. The van der Waals surface area contributed by atoms with E-state index in [1.807, 2.05) is 0 Å². The van der Waals surface area contributed by atoms with Gasteiger partial charge in [-0.05, 0) is 30.3 Å². The number of benzene rings is 1. The van der Waals surface area contributed by atoms with Gasteiger partial charge < -0.3 is 0 Å². The number of carbonyl (C=O) groups is 2. The number of alkyl halides is 2. The number of aromatic nitrogens is 1. The molecule has 1 aromatic heterocycles. The fourth-order valence-electron chi connectivity index (χ4n) is 2.47. The number of pyridine rings is 1. The molecule has 7 heteroatoms. The first-order valence-corrected chi connectivity index (χ1v) is 6.89. The quantitative estimate of drug-likeness (QED) is 0.801. The van der Waals surface area contributed by atoms with Gasteiger partial charge in [0.25, 0.3) is 6.43 Å². The molecule has 0 radical (unpaired) electrons. The van der Waals surface area contributed by atoms with Crippen LogP contribution in [0.2, 0.25) is 0 Å². The van der Waals surface area contributed by atoms with E-state index in [2.05, 4.69) is 4.98 Å². The predicted octanol–water partition coefficient (Wildman–Crippen LogP) is 3.85. The van der Waals surface area contributed by atoms with Crippen LogP contribution in [0.15, 0.2) is 42.1 Å². The van der Waals surface area contributed by atoms with Crippen LogP contribution in [0.4, 0.5) is 17.6 Å². The van der Waals surface area contributed by atoms with Crippen molar-refractivity contribution in [1.82, 2.24) is 4.98 Å². The molecule has 0 atom stereocenters. The third-order valence-electron chi connectivity index (χ3n) is 3.65. The third kappa shape index (κ3) is 2.73. The second kappa shape index (κ2) is 5.99. The van der Waals surface area contributed by atoms with E-state index in [0.717, 1.165) is 30.5 Å². The summed E-state index contributed by atoms with van der Waals surface area (Å²) in [6, 6.07) is 4.00. The fraction of sp³-hybridized carbons (Fsp3) is 0.118. The largest absolute Gasteiger partial charge is 0.289 e. The molecule has 1 aromatic carbocycles. The van der Waals surface area contributed by atoms with Gasteiger partial charge in [0.05, 0.1) is 11.1 Å².